The standard InChI is InChI=1S/C60H73F3N12O13S4/c1-33(76)48-56(85)73-46(55(84)71-44(49(64)78)30-91-92-47-19-11-13-24-65-47)32-90-89-31-45(72-52(81)42(74-57(86)60(61,62)63)26-34-14-6-5-7-15-34)54(83)69-41(27-35-20-22-37(77)23-21-35)51(80)70-43(28-36-29-67-39-17-9-8-16-38(36)39)53(82)68-40(50(79)75-48)18-10-12-25-66-58(87)88-59(2,3)4/h5-9,11,13-17,19-24,29,33,40-46,48,67,76-77H,10,12,18,25-28,30-32H2,1-4H3,(H2,64,78)(H,66,87)(H,68,82)(H,69,83)(H,70,80)(H,71,84)(H,72,81)(H,73,85)(H,74,86)(H,75,79)/t33-,40+,41+,42-,43-,44+,45+,46+,48+/m1/s1. The Morgan fingerprint density at radius 2 is 1.38 bits per heavy atom. The van der Waals surface area contributed by atoms with Crippen molar-refractivity contribution in [3.05, 3.63) is 126 Å². The van der Waals surface area contributed by atoms with E-state index in [9.17, 15) is 61.7 Å². The van der Waals surface area contributed by atoms with Gasteiger partial charge in [-0.2, -0.15) is 13.2 Å². The Bertz CT molecular complexity index is 3350. The van der Waals surface area contributed by atoms with Crippen molar-refractivity contribution in [2.24, 2.45) is 5.73 Å². The number of alkyl halides is 3. The number of halogens is 3. The van der Waals surface area contributed by atoms with Crippen molar-refractivity contribution in [3.8, 4) is 5.75 Å². The second kappa shape index (κ2) is 35.0. The lowest BCUT2D eigenvalue weighted by atomic mass is 10.0. The number of aromatic nitrogens is 2. The van der Waals surface area contributed by atoms with E-state index in [1.165, 1.54) is 47.2 Å². The molecule has 6 rings (SSSR count). The summed E-state index contributed by atoms with van der Waals surface area (Å²) in [5, 5.41) is 44.9. The number of hydrogen-bond donors (Lipinski definition) is 13. The number of H-pyrrole nitrogens is 1. The highest BCUT2D eigenvalue weighted by Crippen LogP contribution is 2.30. The fourth-order valence-electron chi connectivity index (χ4n) is 8.99. The highest BCUT2D eigenvalue weighted by atomic mass is 33.1. The van der Waals surface area contributed by atoms with Crippen LogP contribution in [-0.2, 0) is 67.2 Å². The molecule has 0 unspecified atom stereocenters. The molecule has 10 amide bonds. The van der Waals surface area contributed by atoms with Crippen LogP contribution >= 0.6 is 43.2 Å². The van der Waals surface area contributed by atoms with Gasteiger partial charge < -0.3 is 73.5 Å². The summed E-state index contributed by atoms with van der Waals surface area (Å²) in [6, 6.07) is 11.8. The molecule has 1 aliphatic rings. The summed E-state index contributed by atoms with van der Waals surface area (Å²) in [5.41, 5.74) is 6.74. The molecule has 1 saturated heterocycles. The second-order valence-corrected chi connectivity index (χ2v) is 27.1. The van der Waals surface area contributed by atoms with Gasteiger partial charge in [0.25, 0.3) is 0 Å². The Morgan fingerprint density at radius 1 is 0.739 bits per heavy atom. The maximum atomic E-state index is 15.1. The lowest BCUT2D eigenvalue weighted by Gasteiger charge is -2.29. The zero-order valence-electron chi connectivity index (χ0n) is 50.3. The number of ether oxygens (including phenoxy) is 1. The highest BCUT2D eigenvalue weighted by molar-refractivity contribution is 8.77. The van der Waals surface area contributed by atoms with Gasteiger partial charge in [-0.15, -0.1) is 0 Å². The minimum absolute atomic E-state index is 0.0504. The number of nitrogens with two attached hydrogens (primary N) is 1. The third kappa shape index (κ3) is 23.8. The van der Waals surface area contributed by atoms with Crippen LogP contribution in [0.4, 0.5) is 18.0 Å². The van der Waals surface area contributed by atoms with Gasteiger partial charge in [-0.1, -0.05) is 99.1 Å². The average Bonchev–Trinajstić information content (AvgIpc) is 1.60. The SMILES string of the molecule is C[C@@H](O)[C@@H]1NC(=O)[C@H](CCCCNC(=O)OC(C)(C)C)NC(=O)[C@@H](Cc2c[nH]c3ccccc23)NC(=O)[C@H](Cc2ccc(O)cc2)NC(=O)[C@@H](NC(=O)[C@@H](Cc2ccccc2)NC(=O)C(F)(F)F)CSSC[C@@H](C(=O)N[C@@H](CSSc2ccccn2)C(N)=O)NC1=O. The smallest absolute Gasteiger partial charge is 0.471 e. The Kier molecular flexibility index (Phi) is 27.7. The molecule has 32 heteroatoms. The number of nitrogens with zero attached hydrogens (tertiary/aromatic N) is 1. The number of aliphatic hydroxyl groups is 1. The average molecular weight is 1360 g/mol. The van der Waals surface area contributed by atoms with E-state index in [0.29, 0.717) is 32.6 Å². The van der Waals surface area contributed by atoms with Crippen molar-refractivity contribution in [3.63, 3.8) is 0 Å². The lowest BCUT2D eigenvalue weighted by Crippen LogP contribution is -2.62. The number of para-hydroxylation sites is 1. The lowest BCUT2D eigenvalue weighted by molar-refractivity contribution is -0.174. The number of phenolic OH excluding ortho intramolecular Hbond substituents is 1. The molecule has 0 aliphatic carbocycles. The summed E-state index contributed by atoms with van der Waals surface area (Å²) in [6.45, 7) is 6.24. The number of carbonyl (C=O) groups excluding carboxylic acids is 10. The Labute approximate surface area is 543 Å². The molecule has 0 bridgehead atoms. The van der Waals surface area contributed by atoms with Gasteiger partial charge in [0.1, 0.15) is 64.7 Å². The number of fused-ring (bicyclic) bond motifs is 1. The van der Waals surface area contributed by atoms with Crippen molar-refractivity contribution in [1.29, 1.82) is 0 Å². The largest absolute Gasteiger partial charge is 0.508 e. The normalized spacial score (nSPS) is 20.1. The van der Waals surface area contributed by atoms with Gasteiger partial charge in [0.05, 0.1) is 6.10 Å². The van der Waals surface area contributed by atoms with Crippen LogP contribution in [0.2, 0.25) is 0 Å². The third-order valence-corrected chi connectivity index (χ3v) is 18.4. The summed E-state index contributed by atoms with van der Waals surface area (Å²) < 4.78 is 46.9. The van der Waals surface area contributed by atoms with Crippen LogP contribution in [0, 0.1) is 0 Å². The van der Waals surface area contributed by atoms with Gasteiger partial charge >= 0.3 is 18.2 Å². The third-order valence-electron chi connectivity index (χ3n) is 13.7. The molecule has 2 aromatic heterocycles. The minimum Gasteiger partial charge on any atom is -0.508 e. The van der Waals surface area contributed by atoms with E-state index in [4.69, 9.17) is 10.5 Å². The highest BCUT2D eigenvalue weighted by Gasteiger charge is 2.42. The van der Waals surface area contributed by atoms with Crippen LogP contribution in [0.3, 0.4) is 0 Å². The number of nitrogens with one attached hydrogen (secondary N) is 10. The molecular weight excluding hydrogens is 1280 g/mol. The number of aromatic hydroxyl groups is 1. The molecule has 25 nitrogen and oxygen atoms in total. The molecule has 1 fully saturated rings. The first kappa shape index (κ1) is 72.9. The molecule has 92 heavy (non-hydrogen) atoms. The number of benzene rings is 3. The van der Waals surface area contributed by atoms with Gasteiger partial charge in [0.15, 0.2) is 0 Å². The molecule has 0 radical (unpaired) electrons. The predicted octanol–water partition coefficient (Wildman–Crippen LogP) is 3.13. The molecular formula is C60H73F3N12O13S4. The minimum atomic E-state index is -5.45. The van der Waals surface area contributed by atoms with E-state index in [0.717, 1.165) is 39.3 Å². The molecule has 496 valence electrons. The van der Waals surface area contributed by atoms with Crippen LogP contribution in [0.5, 0.6) is 5.75 Å². The zero-order valence-corrected chi connectivity index (χ0v) is 53.6. The maximum absolute atomic E-state index is 15.1. The van der Waals surface area contributed by atoms with E-state index in [1.54, 1.807) is 99.1 Å². The van der Waals surface area contributed by atoms with Crippen molar-refractivity contribution >= 4 is 113 Å². The summed E-state index contributed by atoms with van der Waals surface area (Å²) in [6.07, 6.45) is -5.71. The summed E-state index contributed by atoms with van der Waals surface area (Å²) in [5.74, 6) is -12.2. The van der Waals surface area contributed by atoms with Crippen LogP contribution in [0.25, 0.3) is 10.9 Å². The van der Waals surface area contributed by atoms with Gasteiger partial charge in [-0.05, 0) is 105 Å². The quantitative estimate of drug-likeness (QED) is 0.0350. The Hall–Kier alpha value is -8.20. The van der Waals surface area contributed by atoms with Crippen molar-refractivity contribution < 1.29 is 76.1 Å². The number of hydrogen-bond acceptors (Lipinski definition) is 18. The molecule has 0 spiro atoms. The fourth-order valence-corrected chi connectivity index (χ4v) is 13.4. The molecule has 5 aromatic rings. The van der Waals surface area contributed by atoms with E-state index in [-0.39, 0.29) is 50.2 Å². The number of amides is 10. The molecule has 14 N–H and O–H groups in total. The first-order chi connectivity index (χ1) is 43.6. The van der Waals surface area contributed by atoms with Crippen LogP contribution in [0.15, 0.2) is 114 Å². The van der Waals surface area contributed by atoms with Crippen molar-refractivity contribution in [2.45, 2.75) is 137 Å². The predicted molar refractivity (Wildman–Crippen MR) is 342 cm³/mol. The van der Waals surface area contributed by atoms with E-state index >= 15 is 9.59 Å². The van der Waals surface area contributed by atoms with Gasteiger partial charge in [0, 0.05) is 66.4 Å². The van der Waals surface area contributed by atoms with E-state index in [2.05, 4.69) is 52.5 Å². The van der Waals surface area contributed by atoms with Crippen molar-refractivity contribution in [2.75, 3.05) is 23.8 Å². The van der Waals surface area contributed by atoms with Crippen LogP contribution < -0.4 is 53.6 Å². The van der Waals surface area contributed by atoms with Crippen molar-refractivity contribution in [1.82, 2.24) is 57.8 Å². The van der Waals surface area contributed by atoms with E-state index in [1.807, 2.05) is 0 Å². The van der Waals surface area contributed by atoms with Crippen LogP contribution in [-0.4, -0.2) is 169 Å². The molecule has 0 saturated carbocycles. The number of unbranched alkanes of at least 4 members (excludes halogenated alkanes) is 1. The topological polar surface area (TPSA) is 383 Å². The number of phenols is 1. The first-order valence-electron chi connectivity index (χ1n) is 28.9. The molecule has 3 heterocycles. The molecule has 3 aromatic carbocycles. The fraction of sp³-hybridized carbons (Fsp3) is 0.417. The van der Waals surface area contributed by atoms with Gasteiger partial charge in [-0.25, -0.2) is 9.78 Å². The Morgan fingerprint density at radius 3 is 2.04 bits per heavy atom. The molecule has 9 atom stereocenters. The maximum Gasteiger partial charge on any atom is 0.471 e. The van der Waals surface area contributed by atoms with Gasteiger partial charge in [-0.3, -0.25) is 43.2 Å². The number of rotatable bonds is 22. The monoisotopic (exact) mass is 1350 g/mol. The van der Waals surface area contributed by atoms with Gasteiger partial charge in [0.2, 0.25) is 47.3 Å². The second-order valence-electron chi connectivity index (χ2n) is 22.2. The first-order valence-corrected chi connectivity index (χ1v) is 33.7. The Balaban J connectivity index is 1.42. The summed E-state index contributed by atoms with van der Waals surface area (Å²) in [4.78, 5) is 148. The number of carbonyl (C=O) groups is 10. The van der Waals surface area contributed by atoms with E-state index < -0.39 is 143 Å². The van der Waals surface area contributed by atoms with Crippen LogP contribution in [0.1, 0.15) is 63.6 Å². The zero-order chi connectivity index (χ0) is 67.1. The number of aliphatic hydroxyl groups excluding tert-OH is 1. The summed E-state index contributed by atoms with van der Waals surface area (Å²) in [7, 11) is 3.88. The molecule has 1 aliphatic heterocycles. The number of aromatic amines is 1. The number of alkyl carbamates (subject to hydrolysis) is 1. The summed E-state index contributed by atoms with van der Waals surface area (Å²) >= 11 is 0. The number of pyridine rings is 1. The number of primary amides is 1.